The van der Waals surface area contributed by atoms with Gasteiger partial charge in [-0.1, -0.05) is 38.3 Å². The highest BCUT2D eigenvalue weighted by Gasteiger charge is 2.33. The number of hydrogen-bond donors (Lipinski definition) is 1. The number of aryl methyl sites for hydroxylation is 1. The van der Waals surface area contributed by atoms with E-state index in [1.54, 1.807) is 12.1 Å². The first-order chi connectivity index (χ1) is 21.4. The minimum absolute atomic E-state index is 0.258. The van der Waals surface area contributed by atoms with E-state index in [2.05, 4.69) is 0 Å². The number of fused-ring (bicyclic) bond motifs is 3. The Kier molecular flexibility index (Phi) is 8.71. The summed E-state index contributed by atoms with van der Waals surface area (Å²) in [6, 6.07) is 8.66. The van der Waals surface area contributed by atoms with Gasteiger partial charge in [0.2, 0.25) is 0 Å². The fourth-order valence-corrected chi connectivity index (χ4v) is 6.39. The van der Waals surface area contributed by atoms with Gasteiger partial charge in [0.25, 0.3) is 0 Å². The molecule has 13 heteroatoms. The van der Waals surface area contributed by atoms with Crippen LogP contribution in [0.5, 0.6) is 0 Å². The minimum atomic E-state index is -2.35. The minimum Gasteiger partial charge on any atom is -0.477 e. The van der Waals surface area contributed by atoms with Crippen LogP contribution < -0.4 is 0 Å². The molecule has 3 aromatic carbocycles. The molecule has 0 aliphatic carbocycles. The Balaban J connectivity index is 1.72. The van der Waals surface area contributed by atoms with Crippen molar-refractivity contribution >= 4 is 45.2 Å². The number of unbranched alkanes of at least 4 members (excludes halogenated alkanes) is 3. The maximum Gasteiger partial charge on any atom is 0.346 e. The molecule has 232 valence electrons. The average Bonchev–Trinajstić information content (AvgIpc) is 3.61. The number of thiophene rings is 1. The normalized spacial score (nSPS) is 12.0. The molecule has 0 aliphatic heterocycles. The van der Waals surface area contributed by atoms with E-state index >= 15 is 8.78 Å². The summed E-state index contributed by atoms with van der Waals surface area (Å²) in [5, 5.41) is 15.8. The van der Waals surface area contributed by atoms with Gasteiger partial charge in [-0.3, -0.25) is 0 Å². The predicted molar refractivity (Wildman–Crippen MR) is 153 cm³/mol. The third-order valence-electron chi connectivity index (χ3n) is 7.33. The zero-order chi connectivity index (χ0) is 32.7. The second-order valence-corrected chi connectivity index (χ2v) is 11.2. The Morgan fingerprint density at radius 3 is 1.84 bits per heavy atom. The summed E-state index contributed by atoms with van der Waals surface area (Å²) in [7, 11) is 0. The fourth-order valence-electron chi connectivity index (χ4n) is 5.23. The van der Waals surface area contributed by atoms with E-state index < -0.39 is 79.9 Å². The Morgan fingerprint density at radius 2 is 1.36 bits per heavy atom. The first-order valence-electron chi connectivity index (χ1n) is 13.5. The summed E-state index contributed by atoms with van der Waals surface area (Å²) >= 11 is 1.16. The van der Waals surface area contributed by atoms with Gasteiger partial charge in [0.1, 0.15) is 11.6 Å². The van der Waals surface area contributed by atoms with Crippen molar-refractivity contribution in [2.75, 3.05) is 0 Å². The van der Waals surface area contributed by atoms with Crippen LogP contribution in [0.2, 0.25) is 0 Å². The molecule has 5 aromatic rings. The quantitative estimate of drug-likeness (QED) is 0.0432. The number of carboxylic acids is 1. The van der Waals surface area contributed by atoms with Crippen molar-refractivity contribution in [3.05, 3.63) is 92.9 Å². The van der Waals surface area contributed by atoms with Crippen molar-refractivity contribution in [3.63, 3.8) is 0 Å². The van der Waals surface area contributed by atoms with Crippen LogP contribution in [0.1, 0.15) is 43.0 Å². The van der Waals surface area contributed by atoms with Gasteiger partial charge in [-0.05, 0) is 48.2 Å². The van der Waals surface area contributed by atoms with Gasteiger partial charge in [-0.25, -0.2) is 39.9 Å². The molecule has 0 bridgehead atoms. The number of aromatic nitrogens is 1. The lowest BCUT2D eigenvalue weighted by Gasteiger charge is -2.11. The Bertz CT molecular complexity index is 2000. The maximum atomic E-state index is 15.1. The molecule has 0 atom stereocenters. The zero-order valence-corrected chi connectivity index (χ0v) is 24.0. The number of nitriles is 1. The van der Waals surface area contributed by atoms with E-state index in [0.717, 1.165) is 42.6 Å². The number of halogens is 8. The molecule has 5 rings (SSSR count). The van der Waals surface area contributed by atoms with Crippen LogP contribution in [0.4, 0.5) is 35.1 Å². The summed E-state index contributed by atoms with van der Waals surface area (Å²) in [4.78, 5) is 12.5. The summed E-state index contributed by atoms with van der Waals surface area (Å²) in [6.07, 6.45) is 5.49. The molecule has 0 unspecified atom stereocenters. The maximum absolute atomic E-state index is 15.1. The third kappa shape index (κ3) is 5.33. The fraction of sp³-hybridized carbons (Fsp3) is 0.188. The molecule has 0 spiro atoms. The Hall–Kier alpha value is -4.70. The average molecular weight is 649 g/mol. The number of nitrogens with zero attached hydrogens (tertiary/aromatic N) is 2. The van der Waals surface area contributed by atoms with E-state index in [0.29, 0.717) is 26.3 Å². The van der Waals surface area contributed by atoms with Gasteiger partial charge in [-0.2, -0.15) is 5.26 Å². The van der Waals surface area contributed by atoms with Gasteiger partial charge in [0.15, 0.2) is 46.5 Å². The lowest BCUT2D eigenvalue weighted by Crippen LogP contribution is -2.03. The molecule has 0 fully saturated rings. The van der Waals surface area contributed by atoms with Crippen molar-refractivity contribution < 1.29 is 45.0 Å². The van der Waals surface area contributed by atoms with Crippen LogP contribution in [0.15, 0.2) is 35.9 Å². The van der Waals surface area contributed by atoms with Crippen LogP contribution in [0.3, 0.4) is 0 Å². The number of aliphatic carboxylic acids is 1. The molecule has 45 heavy (non-hydrogen) atoms. The SMILES string of the molecule is CCCCCCc1cc(/C=C(\C#N)C(=O)O)sc1-c1ccc(-n2c3c(F)c(F)c(F)c(F)c3c3c(F)c(F)c(F)c(F)c32)cc1. The lowest BCUT2D eigenvalue weighted by atomic mass is 10.0. The summed E-state index contributed by atoms with van der Waals surface area (Å²) < 4.78 is 118. The highest BCUT2D eigenvalue weighted by atomic mass is 32.1. The van der Waals surface area contributed by atoms with Crippen LogP contribution in [0.25, 0.3) is 44.0 Å². The Morgan fingerprint density at radius 1 is 0.822 bits per heavy atom. The van der Waals surface area contributed by atoms with Crippen LogP contribution in [-0.2, 0) is 11.2 Å². The van der Waals surface area contributed by atoms with Gasteiger partial charge in [-0.15, -0.1) is 11.3 Å². The van der Waals surface area contributed by atoms with E-state index in [1.807, 2.05) is 6.92 Å². The van der Waals surface area contributed by atoms with E-state index in [1.165, 1.54) is 30.3 Å². The molecule has 0 radical (unpaired) electrons. The van der Waals surface area contributed by atoms with Crippen molar-refractivity contribution in [1.29, 1.82) is 5.26 Å². The largest absolute Gasteiger partial charge is 0.477 e. The molecule has 0 saturated carbocycles. The van der Waals surface area contributed by atoms with Crippen LogP contribution in [-0.4, -0.2) is 15.6 Å². The number of hydrogen-bond acceptors (Lipinski definition) is 3. The molecular weight excluding hydrogens is 628 g/mol. The molecule has 1 N–H and O–H groups in total. The van der Waals surface area contributed by atoms with Crippen LogP contribution in [0, 0.1) is 57.9 Å². The topological polar surface area (TPSA) is 66.0 Å². The summed E-state index contributed by atoms with van der Waals surface area (Å²) in [6.45, 7) is 2.04. The standard InChI is InChI=1S/C32H20F8N2O2S/c1-2-3-4-5-6-15-11-18(12-16(13-41)32(43)44)45-31(15)14-7-9-17(10-8-14)42-29-19(21(33)23(35)25(37)27(29)39)20-22(34)24(36)26(38)28(40)30(20)42/h7-12H,2-6H2,1H3,(H,43,44)/b16-12+. The zero-order valence-electron chi connectivity index (χ0n) is 23.2. The molecular formula is C32H20F8N2O2S. The second kappa shape index (κ2) is 12.4. The number of carboxylic acid groups (broad SMARTS) is 1. The third-order valence-corrected chi connectivity index (χ3v) is 8.51. The highest BCUT2D eigenvalue weighted by Crippen LogP contribution is 2.42. The van der Waals surface area contributed by atoms with Crippen molar-refractivity contribution in [2.45, 2.75) is 39.0 Å². The molecule has 0 amide bonds. The molecule has 2 aromatic heterocycles. The number of benzene rings is 3. The predicted octanol–water partition coefficient (Wildman–Crippen LogP) is 9.74. The molecule has 0 aliphatic rings. The monoisotopic (exact) mass is 648 g/mol. The van der Waals surface area contributed by atoms with Gasteiger partial charge < -0.3 is 9.67 Å². The van der Waals surface area contributed by atoms with Crippen LogP contribution >= 0.6 is 11.3 Å². The van der Waals surface area contributed by atoms with Gasteiger partial charge in [0, 0.05) is 15.4 Å². The van der Waals surface area contributed by atoms with Gasteiger partial charge in [0.05, 0.1) is 21.8 Å². The summed E-state index contributed by atoms with van der Waals surface area (Å²) in [5.74, 6) is -19.0. The van der Waals surface area contributed by atoms with Crippen molar-refractivity contribution in [1.82, 2.24) is 4.57 Å². The van der Waals surface area contributed by atoms with E-state index in [4.69, 9.17) is 0 Å². The molecule has 2 heterocycles. The summed E-state index contributed by atoms with van der Waals surface area (Å²) in [5.41, 5.74) is -1.80. The highest BCUT2D eigenvalue weighted by molar-refractivity contribution is 7.16. The molecule has 4 nitrogen and oxygen atoms in total. The molecule has 0 saturated heterocycles. The smallest absolute Gasteiger partial charge is 0.346 e. The van der Waals surface area contributed by atoms with Gasteiger partial charge >= 0.3 is 5.97 Å². The van der Waals surface area contributed by atoms with Crippen molar-refractivity contribution in [2.24, 2.45) is 0 Å². The van der Waals surface area contributed by atoms with Crippen molar-refractivity contribution in [3.8, 4) is 22.2 Å². The lowest BCUT2D eigenvalue weighted by molar-refractivity contribution is -0.132. The first kappa shape index (κ1) is 31.7. The first-order valence-corrected chi connectivity index (χ1v) is 14.3. The number of rotatable bonds is 9. The Labute approximate surface area is 254 Å². The van der Waals surface area contributed by atoms with E-state index in [-0.39, 0.29) is 5.69 Å². The number of carbonyl (C=O) groups is 1. The van der Waals surface area contributed by atoms with E-state index in [9.17, 15) is 41.5 Å². The second-order valence-electron chi connectivity index (χ2n) is 10.1.